The molecule has 0 aliphatic rings. The maximum Gasteiger partial charge on any atom is 0.325 e. The molecular weight excluding hydrogens is 893 g/mol. The van der Waals surface area contributed by atoms with Crippen LogP contribution in [0, 0.1) is 5.92 Å². The number of primary amides is 1. The van der Waals surface area contributed by atoms with E-state index in [1.165, 1.54) is 31.2 Å². The molecule has 22 nitrogen and oxygen atoms in total. The van der Waals surface area contributed by atoms with Gasteiger partial charge in [-0.25, -0.2) is 0 Å². The molecule has 1 heterocycles. The molecule has 370 valence electrons. The van der Waals surface area contributed by atoms with E-state index in [0.717, 1.165) is 0 Å². The number of aromatic nitrogens is 1. The maximum atomic E-state index is 14.4. The molecule has 22 heteroatoms. The van der Waals surface area contributed by atoms with Crippen LogP contribution in [0.2, 0.25) is 0 Å². The summed E-state index contributed by atoms with van der Waals surface area (Å²) in [5, 5.41) is 35.4. The van der Waals surface area contributed by atoms with Crippen molar-refractivity contribution < 1.29 is 48.6 Å². The van der Waals surface area contributed by atoms with Crippen LogP contribution in [0.15, 0.2) is 90.1 Å². The number of nitrogens with two attached hydrogens (primary N) is 4. The summed E-state index contributed by atoms with van der Waals surface area (Å²) in [5.74, 6) is -8.10. The Labute approximate surface area is 398 Å². The van der Waals surface area contributed by atoms with Crippen LogP contribution in [-0.2, 0) is 57.6 Å². The second-order valence-electron chi connectivity index (χ2n) is 16.9. The van der Waals surface area contributed by atoms with Crippen LogP contribution in [0.25, 0.3) is 10.9 Å². The number of nitrogens with one attached hydrogen (secondary N) is 7. The molecular formula is C47H62N12O10. The van der Waals surface area contributed by atoms with Crippen LogP contribution in [0.4, 0.5) is 0 Å². The number of hydrogen-bond acceptors (Lipinski definition) is 11. The number of phenols is 1. The number of fused-ring (bicyclic) bond motifs is 1. The van der Waals surface area contributed by atoms with Crippen molar-refractivity contribution in [1.82, 2.24) is 36.9 Å². The van der Waals surface area contributed by atoms with Gasteiger partial charge in [-0.05, 0) is 60.6 Å². The number of phenolic OH excluding ortho intramolecular Hbond substituents is 1. The molecule has 0 radical (unpaired) electrons. The molecule has 0 saturated heterocycles. The van der Waals surface area contributed by atoms with Crippen molar-refractivity contribution in [2.45, 2.75) is 102 Å². The molecule has 4 rings (SSSR count). The van der Waals surface area contributed by atoms with E-state index < -0.39 is 96.0 Å². The van der Waals surface area contributed by atoms with Crippen LogP contribution < -0.4 is 54.8 Å². The van der Waals surface area contributed by atoms with Crippen molar-refractivity contribution in [3.63, 3.8) is 0 Å². The van der Waals surface area contributed by atoms with E-state index in [1.54, 1.807) is 74.6 Å². The minimum atomic E-state index is -1.73. The normalized spacial score (nSPS) is 14.1. The monoisotopic (exact) mass is 954 g/mol. The Hall–Kier alpha value is -8.01. The van der Waals surface area contributed by atoms with E-state index in [9.17, 15) is 48.6 Å². The number of aliphatic imine (C=N–C) groups is 1. The second-order valence-corrected chi connectivity index (χ2v) is 16.9. The second kappa shape index (κ2) is 25.8. The molecule has 4 aromatic rings. The number of aromatic amines is 1. The number of benzene rings is 3. The number of aromatic hydroxyl groups is 1. The van der Waals surface area contributed by atoms with Crippen LogP contribution >= 0.6 is 0 Å². The van der Waals surface area contributed by atoms with Crippen molar-refractivity contribution in [3.05, 3.63) is 102 Å². The van der Waals surface area contributed by atoms with Crippen molar-refractivity contribution in [1.29, 1.82) is 0 Å². The first-order chi connectivity index (χ1) is 32.7. The van der Waals surface area contributed by atoms with Gasteiger partial charge >= 0.3 is 5.97 Å². The van der Waals surface area contributed by atoms with Gasteiger partial charge in [-0.2, -0.15) is 0 Å². The van der Waals surface area contributed by atoms with E-state index in [4.69, 9.17) is 22.9 Å². The van der Waals surface area contributed by atoms with Gasteiger partial charge in [0.15, 0.2) is 5.96 Å². The first-order valence-corrected chi connectivity index (χ1v) is 22.2. The Bertz CT molecular complexity index is 2460. The lowest BCUT2D eigenvalue weighted by atomic mass is 10.0. The number of carboxylic acid groups (broad SMARTS) is 1. The van der Waals surface area contributed by atoms with E-state index in [1.807, 2.05) is 0 Å². The third kappa shape index (κ3) is 17.0. The summed E-state index contributed by atoms with van der Waals surface area (Å²) < 4.78 is 0. The number of guanidine groups is 1. The lowest BCUT2D eigenvalue weighted by Gasteiger charge is -2.27. The number of rotatable bonds is 26. The average molecular weight is 955 g/mol. The summed E-state index contributed by atoms with van der Waals surface area (Å²) in [6.07, 6.45) is 0.516. The first-order valence-electron chi connectivity index (χ1n) is 22.2. The number of hydrogen-bond donors (Lipinski definition) is 13. The van der Waals surface area contributed by atoms with Gasteiger partial charge in [0.2, 0.25) is 41.4 Å². The summed E-state index contributed by atoms with van der Waals surface area (Å²) >= 11 is 0. The summed E-state index contributed by atoms with van der Waals surface area (Å²) in [7, 11) is 0. The zero-order valence-corrected chi connectivity index (χ0v) is 38.6. The van der Waals surface area contributed by atoms with Gasteiger partial charge in [-0.3, -0.25) is 43.3 Å². The number of H-pyrrole nitrogens is 1. The topological polar surface area (TPSA) is 381 Å². The van der Waals surface area contributed by atoms with Crippen LogP contribution in [0.3, 0.4) is 0 Å². The number of nitrogens with zero attached hydrogens (tertiary/aromatic N) is 1. The highest BCUT2D eigenvalue weighted by atomic mass is 16.4. The summed E-state index contributed by atoms with van der Waals surface area (Å²) in [6, 6.07) is 12.0. The largest absolute Gasteiger partial charge is 0.508 e. The molecule has 1 aromatic heterocycles. The van der Waals surface area contributed by atoms with Gasteiger partial charge in [0.1, 0.15) is 42.0 Å². The van der Waals surface area contributed by atoms with Crippen molar-refractivity contribution in [3.8, 4) is 5.75 Å². The lowest BCUT2D eigenvalue weighted by molar-refractivity contribution is -0.141. The minimum absolute atomic E-state index is 0.00813. The first kappa shape index (κ1) is 53.6. The fraction of sp³-hybridized carbons (Fsp3) is 0.383. The van der Waals surface area contributed by atoms with Crippen molar-refractivity contribution >= 4 is 64.2 Å². The third-order valence-corrected chi connectivity index (χ3v) is 11.0. The third-order valence-electron chi connectivity index (χ3n) is 11.0. The minimum Gasteiger partial charge on any atom is -0.508 e. The van der Waals surface area contributed by atoms with Gasteiger partial charge in [-0.1, -0.05) is 74.5 Å². The molecule has 3 aromatic carbocycles. The van der Waals surface area contributed by atoms with Gasteiger partial charge in [0, 0.05) is 42.9 Å². The summed E-state index contributed by atoms with van der Waals surface area (Å²) in [6.45, 7) is 4.75. The predicted molar refractivity (Wildman–Crippen MR) is 255 cm³/mol. The Morgan fingerprint density at radius 1 is 0.609 bits per heavy atom. The van der Waals surface area contributed by atoms with Crippen LogP contribution in [0.1, 0.15) is 56.7 Å². The highest BCUT2D eigenvalue weighted by molar-refractivity contribution is 5.99. The molecule has 0 unspecified atom stereocenters. The average Bonchev–Trinajstić information content (AvgIpc) is 3.71. The molecule has 69 heavy (non-hydrogen) atoms. The molecule has 0 spiro atoms. The number of para-hydroxylation sites is 1. The van der Waals surface area contributed by atoms with Crippen molar-refractivity contribution in [2.24, 2.45) is 33.8 Å². The maximum absolute atomic E-state index is 14.4. The summed E-state index contributed by atoms with van der Waals surface area (Å²) in [5.41, 5.74) is 25.1. The Morgan fingerprint density at radius 3 is 1.68 bits per heavy atom. The molecule has 7 atom stereocenters. The standard InChI is InChI=1S/C47H62N12O10/c1-25(2)39(49)45(67)59-35(20-27-10-5-4-6-11-27)42(64)55-33(14-9-19-52-47(50)51)40(62)58-37(23-38(48)61)44(66)57-36(22-29-24-53-32-13-8-7-12-31(29)32)43(65)56-34(41(63)54-26(3)46(68)69)21-28-15-17-30(60)18-16-28/h4-8,10-13,15-18,24-26,33-37,39,53,60H,9,14,19-23,49H2,1-3H3,(H2,48,61)(H,54,63)(H,55,64)(H,56,65)(H,57,66)(H,58,62)(H,59,67)(H,68,69)(H4,50,51,52)/t26-,33-,34-,35-,36-,37-,39-/m0/s1. The highest BCUT2D eigenvalue weighted by Gasteiger charge is 2.35. The zero-order valence-electron chi connectivity index (χ0n) is 38.6. The lowest BCUT2D eigenvalue weighted by Crippen LogP contribution is -2.60. The van der Waals surface area contributed by atoms with E-state index >= 15 is 0 Å². The van der Waals surface area contributed by atoms with Crippen LogP contribution in [0.5, 0.6) is 5.75 Å². The van der Waals surface area contributed by atoms with E-state index in [0.29, 0.717) is 27.6 Å². The molecule has 0 aliphatic carbocycles. The number of aliphatic carboxylic acids is 1. The van der Waals surface area contributed by atoms with Crippen molar-refractivity contribution in [2.75, 3.05) is 6.54 Å². The smallest absolute Gasteiger partial charge is 0.325 e. The SMILES string of the molecule is CC(C)[C@H](N)C(=O)N[C@@H](Cc1ccccc1)C(=O)N[C@@H](CCCN=C(N)N)C(=O)N[C@@H](CC(N)=O)C(=O)N[C@@H](Cc1c[nH]c2ccccc12)C(=O)N[C@@H](Cc1ccc(O)cc1)C(=O)N[C@@H](C)C(=O)O. The van der Waals surface area contributed by atoms with Gasteiger partial charge in [0.05, 0.1) is 12.5 Å². The van der Waals surface area contributed by atoms with E-state index in [2.05, 4.69) is 41.9 Å². The number of carboxylic acids is 1. The quantitative estimate of drug-likeness (QED) is 0.0201. The molecule has 0 aliphatic heterocycles. The Balaban J connectivity index is 1.66. The van der Waals surface area contributed by atoms with Gasteiger partial charge in [-0.15, -0.1) is 0 Å². The number of carbonyl (C=O) groups is 8. The number of amides is 7. The van der Waals surface area contributed by atoms with E-state index in [-0.39, 0.29) is 56.3 Å². The Kier molecular flexibility index (Phi) is 20.0. The molecule has 0 fully saturated rings. The Morgan fingerprint density at radius 2 is 1.10 bits per heavy atom. The predicted octanol–water partition coefficient (Wildman–Crippen LogP) is -1.17. The molecule has 7 amide bonds. The summed E-state index contributed by atoms with van der Waals surface area (Å²) in [4.78, 5) is 115. The van der Waals surface area contributed by atoms with Gasteiger partial charge < -0.3 is 70.0 Å². The molecule has 0 saturated carbocycles. The fourth-order valence-electron chi connectivity index (χ4n) is 7.08. The highest BCUT2D eigenvalue weighted by Crippen LogP contribution is 2.20. The fourth-order valence-corrected chi connectivity index (χ4v) is 7.08. The van der Waals surface area contributed by atoms with Gasteiger partial charge in [0.25, 0.3) is 0 Å². The van der Waals surface area contributed by atoms with Crippen LogP contribution in [-0.4, -0.2) is 117 Å². The zero-order chi connectivity index (χ0) is 50.8. The molecule has 17 N–H and O–H groups in total. The molecule has 0 bridgehead atoms. The number of carbonyl (C=O) groups excluding carboxylic acids is 7.